The van der Waals surface area contributed by atoms with Gasteiger partial charge >= 0.3 is 0 Å². The third-order valence-electron chi connectivity index (χ3n) is 4.63. The van der Waals surface area contributed by atoms with Crippen LogP contribution in [0.25, 0.3) is 10.9 Å². The van der Waals surface area contributed by atoms with Crippen molar-refractivity contribution in [2.45, 2.75) is 19.1 Å². The Morgan fingerprint density at radius 1 is 1.10 bits per heavy atom. The monoisotopic (exact) mass is 524 g/mol. The maximum atomic E-state index is 12.2. The van der Waals surface area contributed by atoms with Gasteiger partial charge in [-0.15, -0.1) is 24.0 Å². The lowest BCUT2D eigenvalue weighted by Gasteiger charge is -2.11. The van der Waals surface area contributed by atoms with Crippen molar-refractivity contribution in [2.24, 2.45) is 4.99 Å². The largest absolute Gasteiger partial charge is 0.361 e. The number of rotatable bonds is 8. The Balaban J connectivity index is 0.00000300. The van der Waals surface area contributed by atoms with Crippen molar-refractivity contribution in [1.29, 1.82) is 0 Å². The zero-order chi connectivity index (χ0) is 19.8. The number of fused-ring (bicyclic) bond motifs is 1. The second-order valence-corrected chi connectivity index (χ2v) is 8.39. The molecule has 0 aliphatic rings. The lowest BCUT2D eigenvalue weighted by Crippen LogP contribution is -2.40. The van der Waals surface area contributed by atoms with Crippen LogP contribution in [0, 0.1) is 6.92 Å². The van der Waals surface area contributed by atoms with Gasteiger partial charge in [0.1, 0.15) is 0 Å². The average Bonchev–Trinajstić information content (AvgIpc) is 3.09. The molecule has 2 aromatic carbocycles. The van der Waals surface area contributed by atoms with Crippen LogP contribution in [0.15, 0.2) is 59.7 Å². The molecule has 0 amide bonds. The van der Waals surface area contributed by atoms with E-state index in [-0.39, 0.29) is 24.0 Å². The van der Waals surface area contributed by atoms with Gasteiger partial charge in [0.15, 0.2) is 5.96 Å². The van der Waals surface area contributed by atoms with Crippen molar-refractivity contribution in [2.75, 3.05) is 25.9 Å². The van der Waals surface area contributed by atoms with Gasteiger partial charge in [0.2, 0.25) is 0 Å². The Morgan fingerprint density at radius 3 is 2.62 bits per heavy atom. The zero-order valence-electron chi connectivity index (χ0n) is 16.9. The molecule has 0 bridgehead atoms. The Labute approximate surface area is 192 Å². The number of aromatic nitrogens is 1. The van der Waals surface area contributed by atoms with Gasteiger partial charge in [-0.3, -0.25) is 9.20 Å². The van der Waals surface area contributed by atoms with Gasteiger partial charge in [0.05, 0.1) is 0 Å². The molecule has 1 heterocycles. The highest BCUT2D eigenvalue weighted by molar-refractivity contribution is 14.0. The first-order valence-electron chi connectivity index (χ1n) is 9.56. The molecule has 29 heavy (non-hydrogen) atoms. The first kappa shape index (κ1) is 23.4. The molecule has 0 saturated carbocycles. The Hall–Kier alpha value is -1.87. The summed E-state index contributed by atoms with van der Waals surface area (Å²) in [5.74, 6) is 1.93. The summed E-state index contributed by atoms with van der Waals surface area (Å²) in [4.78, 5) is 7.59. The Morgan fingerprint density at radius 2 is 1.86 bits per heavy atom. The van der Waals surface area contributed by atoms with E-state index in [1.165, 1.54) is 22.0 Å². The molecule has 3 aromatic rings. The van der Waals surface area contributed by atoms with Crippen LogP contribution in [0.3, 0.4) is 0 Å². The number of H-pyrrole nitrogens is 1. The molecule has 3 rings (SSSR count). The molecule has 1 unspecified atom stereocenters. The SMILES string of the molecule is CN=C(NCCc1c[nH]c2cc(C)ccc12)NCCS(=O)Cc1ccccc1.I. The Bertz CT molecular complexity index is 956. The van der Waals surface area contributed by atoms with Gasteiger partial charge in [0, 0.05) is 59.5 Å². The molecule has 156 valence electrons. The van der Waals surface area contributed by atoms with E-state index in [9.17, 15) is 4.21 Å². The summed E-state index contributed by atoms with van der Waals surface area (Å²) < 4.78 is 12.2. The van der Waals surface area contributed by atoms with Gasteiger partial charge < -0.3 is 15.6 Å². The van der Waals surface area contributed by atoms with Crippen molar-refractivity contribution in [1.82, 2.24) is 15.6 Å². The minimum Gasteiger partial charge on any atom is -0.361 e. The minimum absolute atomic E-state index is 0. The number of aryl methyl sites for hydroxylation is 1. The second-order valence-electron chi connectivity index (χ2n) is 6.81. The summed E-state index contributed by atoms with van der Waals surface area (Å²) >= 11 is 0. The molecular weight excluding hydrogens is 495 g/mol. The van der Waals surface area contributed by atoms with E-state index in [0.717, 1.165) is 24.5 Å². The maximum Gasteiger partial charge on any atom is 0.191 e. The number of aromatic amines is 1. The smallest absolute Gasteiger partial charge is 0.191 e. The molecule has 0 spiro atoms. The fraction of sp³-hybridized carbons (Fsp3) is 0.318. The van der Waals surface area contributed by atoms with Gasteiger partial charge in [-0.2, -0.15) is 0 Å². The summed E-state index contributed by atoms with van der Waals surface area (Å²) in [6, 6.07) is 16.4. The van der Waals surface area contributed by atoms with Gasteiger partial charge in [-0.05, 0) is 36.1 Å². The van der Waals surface area contributed by atoms with Crippen LogP contribution >= 0.6 is 24.0 Å². The number of nitrogens with one attached hydrogen (secondary N) is 3. The predicted molar refractivity (Wildman–Crippen MR) is 135 cm³/mol. The van der Waals surface area contributed by atoms with Gasteiger partial charge in [-0.25, -0.2) is 0 Å². The minimum atomic E-state index is -0.887. The van der Waals surface area contributed by atoms with Crippen LogP contribution in [0.5, 0.6) is 0 Å². The molecular formula is C22H29IN4OS. The zero-order valence-corrected chi connectivity index (χ0v) is 20.1. The molecule has 1 aromatic heterocycles. The van der Waals surface area contributed by atoms with E-state index >= 15 is 0 Å². The van der Waals surface area contributed by atoms with Crippen LogP contribution in [0.1, 0.15) is 16.7 Å². The lowest BCUT2D eigenvalue weighted by atomic mass is 10.1. The third kappa shape index (κ3) is 7.15. The topological polar surface area (TPSA) is 69.3 Å². The maximum absolute atomic E-state index is 12.2. The number of hydrogen-bond acceptors (Lipinski definition) is 2. The van der Waals surface area contributed by atoms with E-state index in [1.54, 1.807) is 7.05 Å². The van der Waals surface area contributed by atoms with Gasteiger partial charge in [-0.1, -0.05) is 42.5 Å². The van der Waals surface area contributed by atoms with Crippen LogP contribution < -0.4 is 10.6 Å². The number of aliphatic imine (C=N–C) groups is 1. The number of benzene rings is 2. The summed E-state index contributed by atoms with van der Waals surface area (Å²) in [5.41, 5.74) is 4.84. The number of nitrogens with zero attached hydrogens (tertiary/aromatic N) is 1. The van der Waals surface area contributed by atoms with Crippen molar-refractivity contribution >= 4 is 51.6 Å². The average molecular weight is 524 g/mol. The fourth-order valence-electron chi connectivity index (χ4n) is 3.16. The number of hydrogen-bond donors (Lipinski definition) is 3. The second kappa shape index (κ2) is 12.0. The van der Waals surface area contributed by atoms with E-state index in [4.69, 9.17) is 0 Å². The standard InChI is InChI=1S/C22H28N4OS.HI/c1-17-8-9-20-19(15-26-21(20)14-17)10-11-24-22(23-2)25-12-13-28(27)16-18-6-4-3-5-7-18;/h3-9,14-15,26H,10-13,16H2,1-2H3,(H2,23,24,25);1H. The van der Waals surface area contributed by atoms with Crippen molar-refractivity contribution in [3.8, 4) is 0 Å². The molecule has 0 aliphatic carbocycles. The quantitative estimate of drug-likeness (QED) is 0.239. The van der Waals surface area contributed by atoms with E-state index in [2.05, 4.69) is 51.9 Å². The third-order valence-corrected chi connectivity index (χ3v) is 5.94. The highest BCUT2D eigenvalue weighted by atomic mass is 127. The van der Waals surface area contributed by atoms with Crippen LogP contribution in [-0.2, 0) is 23.0 Å². The summed E-state index contributed by atoms with van der Waals surface area (Å²) in [7, 11) is 0.868. The highest BCUT2D eigenvalue weighted by Crippen LogP contribution is 2.19. The number of guanidine groups is 1. The van der Waals surface area contributed by atoms with E-state index in [0.29, 0.717) is 18.1 Å². The molecule has 3 N–H and O–H groups in total. The highest BCUT2D eigenvalue weighted by Gasteiger charge is 2.05. The molecule has 1 atom stereocenters. The number of halogens is 1. The Kier molecular flexibility index (Phi) is 9.66. The molecule has 0 radical (unpaired) electrons. The predicted octanol–water partition coefficient (Wildman–Crippen LogP) is 3.75. The van der Waals surface area contributed by atoms with E-state index in [1.807, 2.05) is 30.3 Å². The first-order chi connectivity index (χ1) is 13.7. The molecule has 7 heteroatoms. The molecule has 0 saturated heterocycles. The van der Waals surface area contributed by atoms with Crippen LogP contribution in [0.4, 0.5) is 0 Å². The van der Waals surface area contributed by atoms with Crippen LogP contribution in [-0.4, -0.2) is 41.0 Å². The van der Waals surface area contributed by atoms with Crippen molar-refractivity contribution < 1.29 is 4.21 Å². The molecule has 0 fully saturated rings. The summed E-state index contributed by atoms with van der Waals surface area (Å²) in [6.07, 6.45) is 2.98. The van der Waals surface area contributed by atoms with E-state index < -0.39 is 10.8 Å². The van der Waals surface area contributed by atoms with Crippen LogP contribution in [0.2, 0.25) is 0 Å². The van der Waals surface area contributed by atoms with Crippen molar-refractivity contribution in [3.63, 3.8) is 0 Å². The normalized spacial score (nSPS) is 12.4. The molecule has 0 aliphatic heterocycles. The molecule has 5 nitrogen and oxygen atoms in total. The van der Waals surface area contributed by atoms with Gasteiger partial charge in [0.25, 0.3) is 0 Å². The summed E-state index contributed by atoms with van der Waals surface area (Å²) in [6.45, 7) is 3.52. The lowest BCUT2D eigenvalue weighted by molar-refractivity contribution is 0.680. The first-order valence-corrected chi connectivity index (χ1v) is 11.0. The summed E-state index contributed by atoms with van der Waals surface area (Å²) in [5, 5.41) is 7.85. The fourth-order valence-corrected chi connectivity index (χ4v) is 4.20. The van der Waals surface area contributed by atoms with Crippen molar-refractivity contribution in [3.05, 3.63) is 71.4 Å².